The zero-order valence-corrected chi connectivity index (χ0v) is 15.2. The Hall–Kier alpha value is -1.02. The second kappa shape index (κ2) is 7.47. The highest BCUT2D eigenvalue weighted by Crippen LogP contribution is 2.34. The van der Waals surface area contributed by atoms with E-state index in [1.165, 1.54) is 0 Å². The quantitative estimate of drug-likeness (QED) is 0.818. The lowest BCUT2D eigenvalue weighted by Gasteiger charge is -2.42. The van der Waals surface area contributed by atoms with Crippen molar-refractivity contribution in [2.75, 3.05) is 45.1 Å². The highest BCUT2D eigenvalue weighted by Gasteiger charge is 2.41. The monoisotopic (exact) mass is 353 g/mol. The number of nitrogens with zero attached hydrogens (tertiary/aromatic N) is 3. The molecule has 3 rings (SSSR count). The van der Waals surface area contributed by atoms with Gasteiger partial charge in [0.25, 0.3) is 0 Å². The molecule has 0 N–H and O–H groups in total. The molecule has 134 valence electrons. The first-order valence-electron chi connectivity index (χ1n) is 8.71. The van der Waals surface area contributed by atoms with Gasteiger partial charge in [-0.2, -0.15) is 0 Å². The first-order chi connectivity index (χ1) is 11.5. The number of rotatable bonds is 4. The van der Waals surface area contributed by atoms with E-state index in [9.17, 15) is 8.42 Å². The lowest BCUT2D eigenvalue weighted by atomic mass is 9.81. The first-order valence-corrected chi connectivity index (χ1v) is 10.3. The Morgan fingerprint density at radius 1 is 1.29 bits per heavy atom. The van der Waals surface area contributed by atoms with E-state index in [0.29, 0.717) is 26.3 Å². The van der Waals surface area contributed by atoms with Crippen LogP contribution in [0, 0.1) is 5.41 Å². The largest absolute Gasteiger partial charge is 0.379 e. The molecule has 0 aromatic carbocycles. The first kappa shape index (κ1) is 17.8. The predicted octanol–water partition coefficient (Wildman–Crippen LogP) is 1.35. The summed E-state index contributed by atoms with van der Waals surface area (Å²) < 4.78 is 32.1. The van der Waals surface area contributed by atoms with E-state index >= 15 is 0 Å². The van der Waals surface area contributed by atoms with Gasteiger partial charge in [-0.15, -0.1) is 0 Å². The fourth-order valence-corrected chi connectivity index (χ4v) is 5.01. The van der Waals surface area contributed by atoms with E-state index < -0.39 is 10.0 Å². The van der Waals surface area contributed by atoms with Crippen molar-refractivity contribution < 1.29 is 13.2 Å². The van der Waals surface area contributed by atoms with Crippen LogP contribution in [0.15, 0.2) is 24.4 Å². The Bertz CT molecular complexity index is 638. The Morgan fingerprint density at radius 2 is 2.17 bits per heavy atom. The molecule has 1 spiro atoms. The Morgan fingerprint density at radius 3 is 2.92 bits per heavy atom. The Balaban J connectivity index is 1.73. The molecule has 2 saturated heterocycles. The molecule has 1 aromatic rings. The molecule has 6 nitrogen and oxygen atoms in total. The number of pyridine rings is 1. The second-order valence-corrected chi connectivity index (χ2v) is 9.18. The zero-order chi connectivity index (χ0) is 17.0. The van der Waals surface area contributed by atoms with Gasteiger partial charge in [-0.1, -0.05) is 6.07 Å². The summed E-state index contributed by atoms with van der Waals surface area (Å²) in [4.78, 5) is 6.77. The van der Waals surface area contributed by atoms with E-state index in [0.717, 1.165) is 38.2 Å². The molecule has 3 heterocycles. The molecule has 1 atom stereocenters. The van der Waals surface area contributed by atoms with Crippen LogP contribution >= 0.6 is 0 Å². The SMILES string of the molecule is CCS(=O)(=O)N1CCCC2(COCCN(Cc3ccccn3)C2)C1. The normalized spacial score (nSPS) is 27.2. The van der Waals surface area contributed by atoms with Crippen molar-refractivity contribution in [3.05, 3.63) is 30.1 Å². The maximum Gasteiger partial charge on any atom is 0.213 e. The van der Waals surface area contributed by atoms with Gasteiger partial charge in [-0.25, -0.2) is 12.7 Å². The van der Waals surface area contributed by atoms with Crippen LogP contribution in [-0.4, -0.2) is 67.8 Å². The summed E-state index contributed by atoms with van der Waals surface area (Å²) >= 11 is 0. The summed E-state index contributed by atoms with van der Waals surface area (Å²) in [5, 5.41) is 0. The van der Waals surface area contributed by atoms with Crippen molar-refractivity contribution in [1.29, 1.82) is 0 Å². The van der Waals surface area contributed by atoms with E-state index in [-0.39, 0.29) is 11.2 Å². The average molecular weight is 353 g/mol. The van der Waals surface area contributed by atoms with Gasteiger partial charge in [0.2, 0.25) is 10.0 Å². The van der Waals surface area contributed by atoms with Crippen LogP contribution in [0.4, 0.5) is 0 Å². The van der Waals surface area contributed by atoms with E-state index in [1.807, 2.05) is 24.4 Å². The third-order valence-electron chi connectivity index (χ3n) is 5.02. The fourth-order valence-electron chi connectivity index (χ4n) is 3.77. The standard InChI is InChI=1S/C17H27N3O3S/c1-2-24(21,22)20-9-5-7-17(14-20)13-19(10-11-23-15-17)12-16-6-3-4-8-18-16/h3-4,6,8H,2,5,7,9-15H2,1H3. The summed E-state index contributed by atoms with van der Waals surface area (Å²) in [7, 11) is -3.14. The molecule has 0 saturated carbocycles. The second-order valence-electron chi connectivity index (χ2n) is 6.92. The van der Waals surface area contributed by atoms with Crippen LogP contribution < -0.4 is 0 Å². The predicted molar refractivity (Wildman–Crippen MR) is 93.0 cm³/mol. The van der Waals surface area contributed by atoms with Crippen LogP contribution in [0.2, 0.25) is 0 Å². The Kier molecular flexibility index (Phi) is 5.54. The average Bonchev–Trinajstić information content (AvgIpc) is 2.78. The molecular weight excluding hydrogens is 326 g/mol. The molecule has 1 unspecified atom stereocenters. The summed E-state index contributed by atoms with van der Waals surface area (Å²) in [5.41, 5.74) is 0.939. The summed E-state index contributed by atoms with van der Waals surface area (Å²) in [5.74, 6) is 0.168. The minimum absolute atomic E-state index is 0.105. The third-order valence-corrected chi connectivity index (χ3v) is 6.84. The van der Waals surface area contributed by atoms with E-state index in [2.05, 4.69) is 9.88 Å². The minimum atomic E-state index is -3.14. The van der Waals surface area contributed by atoms with Gasteiger partial charge in [0.15, 0.2) is 0 Å². The molecule has 2 aliphatic heterocycles. The van der Waals surface area contributed by atoms with Gasteiger partial charge in [-0.05, 0) is 31.9 Å². The van der Waals surface area contributed by atoms with Gasteiger partial charge in [0, 0.05) is 44.3 Å². The molecule has 7 heteroatoms. The van der Waals surface area contributed by atoms with Gasteiger partial charge >= 0.3 is 0 Å². The van der Waals surface area contributed by atoms with Crippen molar-refractivity contribution in [2.24, 2.45) is 5.41 Å². The molecule has 2 aliphatic rings. The maximum absolute atomic E-state index is 12.3. The molecule has 24 heavy (non-hydrogen) atoms. The number of hydrogen-bond acceptors (Lipinski definition) is 5. The lowest BCUT2D eigenvalue weighted by molar-refractivity contribution is 0.0281. The molecular formula is C17H27N3O3S. The van der Waals surface area contributed by atoms with Crippen molar-refractivity contribution in [3.63, 3.8) is 0 Å². The number of ether oxygens (including phenoxy) is 1. The van der Waals surface area contributed by atoms with E-state index in [4.69, 9.17) is 4.74 Å². The van der Waals surface area contributed by atoms with Crippen LogP contribution in [0.1, 0.15) is 25.5 Å². The number of aromatic nitrogens is 1. The van der Waals surface area contributed by atoms with Crippen LogP contribution in [0.5, 0.6) is 0 Å². The van der Waals surface area contributed by atoms with E-state index in [1.54, 1.807) is 11.2 Å². The number of piperidine rings is 1. The van der Waals surface area contributed by atoms with Crippen molar-refractivity contribution in [3.8, 4) is 0 Å². The van der Waals surface area contributed by atoms with Crippen molar-refractivity contribution >= 4 is 10.0 Å². The van der Waals surface area contributed by atoms with Gasteiger partial charge in [0.05, 0.1) is 24.7 Å². The summed E-state index contributed by atoms with van der Waals surface area (Å²) in [6.07, 6.45) is 3.73. The van der Waals surface area contributed by atoms with Crippen LogP contribution in [0.25, 0.3) is 0 Å². The molecule has 0 aliphatic carbocycles. The molecule has 1 aromatic heterocycles. The number of hydrogen-bond donors (Lipinski definition) is 0. The zero-order valence-electron chi connectivity index (χ0n) is 14.4. The van der Waals surface area contributed by atoms with Crippen LogP contribution in [0.3, 0.4) is 0 Å². The minimum Gasteiger partial charge on any atom is -0.379 e. The highest BCUT2D eigenvalue weighted by molar-refractivity contribution is 7.89. The third kappa shape index (κ3) is 4.14. The topological polar surface area (TPSA) is 62.7 Å². The van der Waals surface area contributed by atoms with Crippen LogP contribution in [-0.2, 0) is 21.3 Å². The van der Waals surface area contributed by atoms with Gasteiger partial charge < -0.3 is 4.74 Å². The lowest BCUT2D eigenvalue weighted by Crippen LogP contribution is -2.52. The maximum atomic E-state index is 12.3. The molecule has 2 fully saturated rings. The van der Waals surface area contributed by atoms with Gasteiger partial charge in [-0.3, -0.25) is 9.88 Å². The van der Waals surface area contributed by atoms with Crippen molar-refractivity contribution in [2.45, 2.75) is 26.3 Å². The molecule has 0 amide bonds. The summed E-state index contributed by atoms with van der Waals surface area (Å²) in [6, 6.07) is 5.96. The smallest absolute Gasteiger partial charge is 0.213 e. The highest BCUT2D eigenvalue weighted by atomic mass is 32.2. The molecule has 0 bridgehead atoms. The molecule has 0 radical (unpaired) electrons. The van der Waals surface area contributed by atoms with Gasteiger partial charge in [0.1, 0.15) is 0 Å². The summed E-state index contributed by atoms with van der Waals surface area (Å²) in [6.45, 7) is 6.76. The fraction of sp³-hybridized carbons (Fsp3) is 0.706. The Labute approximate surface area is 144 Å². The number of sulfonamides is 1. The van der Waals surface area contributed by atoms with Crippen molar-refractivity contribution in [1.82, 2.24) is 14.2 Å².